The van der Waals surface area contributed by atoms with E-state index in [0.717, 1.165) is 25.7 Å². The van der Waals surface area contributed by atoms with Crippen LogP contribution in [0.2, 0.25) is 0 Å². The Bertz CT molecular complexity index is 397. The van der Waals surface area contributed by atoms with Crippen molar-refractivity contribution in [2.24, 2.45) is 0 Å². The zero-order valence-corrected chi connectivity index (χ0v) is 30.1. The molecule has 2 unspecified atom stereocenters. The van der Waals surface area contributed by atoms with Crippen molar-refractivity contribution in [3.63, 3.8) is 0 Å². The Morgan fingerprint density at radius 1 is 0.238 bits per heavy atom. The van der Waals surface area contributed by atoms with E-state index in [9.17, 15) is 10.2 Å². The SMILES string of the molecule is CCCCCCCCCCCC(O)CCCCCCCC.CCCCCCCCCCCC(O)CCCCCCCC. The summed E-state index contributed by atoms with van der Waals surface area (Å²) in [6.07, 6.45) is 44.7. The number of aliphatic hydroxyl groups is 2. The minimum absolute atomic E-state index is 0.0271. The van der Waals surface area contributed by atoms with E-state index in [1.165, 1.54) is 193 Å². The van der Waals surface area contributed by atoms with Crippen LogP contribution in [0.25, 0.3) is 0 Å². The predicted octanol–water partition coefficient (Wildman–Crippen LogP) is 14.0. The van der Waals surface area contributed by atoms with Crippen molar-refractivity contribution in [2.45, 2.75) is 258 Å². The van der Waals surface area contributed by atoms with Gasteiger partial charge in [0.25, 0.3) is 0 Å². The van der Waals surface area contributed by atoms with Crippen molar-refractivity contribution in [1.82, 2.24) is 0 Å². The Balaban J connectivity index is 0. The fourth-order valence-electron chi connectivity index (χ4n) is 5.99. The largest absolute Gasteiger partial charge is 0.393 e. The van der Waals surface area contributed by atoms with Gasteiger partial charge in [0.15, 0.2) is 0 Å². The summed E-state index contributed by atoms with van der Waals surface area (Å²) in [6.45, 7) is 9.07. The number of rotatable bonds is 34. The molecule has 0 amide bonds. The highest BCUT2D eigenvalue weighted by atomic mass is 16.3. The van der Waals surface area contributed by atoms with Gasteiger partial charge in [0.1, 0.15) is 0 Å². The molecule has 0 aliphatic rings. The molecule has 0 spiro atoms. The average molecular weight is 597 g/mol. The molecule has 0 radical (unpaired) electrons. The Morgan fingerprint density at radius 3 is 0.548 bits per heavy atom. The van der Waals surface area contributed by atoms with Gasteiger partial charge in [-0.3, -0.25) is 0 Å². The number of hydrogen-bond acceptors (Lipinski definition) is 2. The second-order valence-electron chi connectivity index (χ2n) is 13.7. The second-order valence-corrected chi connectivity index (χ2v) is 13.7. The number of unbranched alkanes of at least 4 members (excludes halogenated alkanes) is 26. The van der Waals surface area contributed by atoms with Crippen molar-refractivity contribution in [3.05, 3.63) is 0 Å². The summed E-state index contributed by atoms with van der Waals surface area (Å²) in [5.41, 5.74) is 0. The molecule has 0 heterocycles. The molecule has 0 aliphatic heterocycles. The summed E-state index contributed by atoms with van der Waals surface area (Å²) in [6, 6.07) is 0. The van der Waals surface area contributed by atoms with Gasteiger partial charge in [0, 0.05) is 0 Å². The van der Waals surface area contributed by atoms with E-state index in [1.54, 1.807) is 0 Å². The van der Waals surface area contributed by atoms with Crippen LogP contribution >= 0.6 is 0 Å². The quantitative estimate of drug-likeness (QED) is 0.0725. The van der Waals surface area contributed by atoms with Crippen molar-refractivity contribution in [2.75, 3.05) is 0 Å². The maximum Gasteiger partial charge on any atom is 0.0540 e. The lowest BCUT2D eigenvalue weighted by atomic mass is 10.0. The van der Waals surface area contributed by atoms with Crippen molar-refractivity contribution in [1.29, 1.82) is 0 Å². The Kier molecular flexibility index (Phi) is 42.9. The van der Waals surface area contributed by atoms with E-state index < -0.39 is 0 Å². The van der Waals surface area contributed by atoms with Gasteiger partial charge in [-0.25, -0.2) is 0 Å². The molecule has 0 aliphatic carbocycles. The number of aliphatic hydroxyl groups excluding tert-OH is 2. The molecule has 2 N–H and O–H groups in total. The molecule has 0 aromatic heterocycles. The Hall–Kier alpha value is -0.0800. The molecule has 256 valence electrons. The standard InChI is InChI=1S/2C20H42O/c2*1-3-5-7-9-11-12-13-15-17-19-20(21)18-16-14-10-8-6-4-2/h2*20-21H,3-19H2,1-2H3. The fraction of sp³-hybridized carbons (Fsp3) is 1.00. The van der Waals surface area contributed by atoms with Crippen molar-refractivity contribution >= 4 is 0 Å². The first kappa shape index (κ1) is 44.0. The molecule has 0 fully saturated rings. The second kappa shape index (κ2) is 40.9. The molecule has 0 bridgehead atoms. The molecule has 0 aromatic carbocycles. The van der Waals surface area contributed by atoms with Gasteiger partial charge in [0.05, 0.1) is 12.2 Å². The van der Waals surface area contributed by atoms with Crippen LogP contribution in [-0.4, -0.2) is 22.4 Å². The third kappa shape index (κ3) is 42.1. The first-order valence-electron chi connectivity index (χ1n) is 20.0. The summed E-state index contributed by atoms with van der Waals surface area (Å²) >= 11 is 0. The molecule has 42 heavy (non-hydrogen) atoms. The molecule has 0 saturated carbocycles. The summed E-state index contributed by atoms with van der Waals surface area (Å²) in [5.74, 6) is 0. The summed E-state index contributed by atoms with van der Waals surface area (Å²) in [5, 5.41) is 19.9. The lowest BCUT2D eigenvalue weighted by Gasteiger charge is -2.10. The van der Waals surface area contributed by atoms with Gasteiger partial charge in [-0.15, -0.1) is 0 Å². The average Bonchev–Trinajstić information content (AvgIpc) is 2.99. The van der Waals surface area contributed by atoms with Crippen molar-refractivity contribution < 1.29 is 10.2 Å². The predicted molar refractivity (Wildman–Crippen MR) is 192 cm³/mol. The maximum absolute atomic E-state index is 9.95. The van der Waals surface area contributed by atoms with Crippen LogP contribution in [0.3, 0.4) is 0 Å². The highest BCUT2D eigenvalue weighted by Crippen LogP contribution is 2.16. The van der Waals surface area contributed by atoms with E-state index in [-0.39, 0.29) is 12.2 Å². The minimum Gasteiger partial charge on any atom is -0.393 e. The van der Waals surface area contributed by atoms with Crippen molar-refractivity contribution in [3.8, 4) is 0 Å². The Labute approximate surface area is 268 Å². The van der Waals surface area contributed by atoms with Crippen LogP contribution in [0.4, 0.5) is 0 Å². The zero-order valence-electron chi connectivity index (χ0n) is 30.1. The normalized spacial score (nSPS) is 12.7. The topological polar surface area (TPSA) is 40.5 Å². The van der Waals surface area contributed by atoms with Crippen LogP contribution in [-0.2, 0) is 0 Å². The summed E-state index contributed by atoms with van der Waals surface area (Å²) in [7, 11) is 0. The van der Waals surface area contributed by atoms with Gasteiger partial charge in [-0.1, -0.05) is 220 Å². The Morgan fingerprint density at radius 2 is 0.381 bits per heavy atom. The minimum atomic E-state index is -0.0271. The lowest BCUT2D eigenvalue weighted by molar-refractivity contribution is 0.146. The third-order valence-corrected chi connectivity index (χ3v) is 9.06. The van der Waals surface area contributed by atoms with E-state index in [2.05, 4.69) is 27.7 Å². The molecule has 0 saturated heterocycles. The van der Waals surface area contributed by atoms with Crippen LogP contribution in [0.5, 0.6) is 0 Å². The van der Waals surface area contributed by atoms with Crippen LogP contribution in [0.15, 0.2) is 0 Å². The van der Waals surface area contributed by atoms with E-state index >= 15 is 0 Å². The molecule has 2 atom stereocenters. The van der Waals surface area contributed by atoms with Gasteiger partial charge in [-0.2, -0.15) is 0 Å². The number of hydrogen-bond donors (Lipinski definition) is 2. The zero-order chi connectivity index (χ0) is 31.2. The van der Waals surface area contributed by atoms with Crippen LogP contribution < -0.4 is 0 Å². The molecule has 0 aromatic rings. The summed E-state index contributed by atoms with van der Waals surface area (Å²) in [4.78, 5) is 0. The van der Waals surface area contributed by atoms with E-state index in [0.29, 0.717) is 0 Å². The molecule has 0 rings (SSSR count). The van der Waals surface area contributed by atoms with Crippen LogP contribution in [0.1, 0.15) is 246 Å². The smallest absolute Gasteiger partial charge is 0.0540 e. The maximum atomic E-state index is 9.95. The lowest BCUT2D eigenvalue weighted by Crippen LogP contribution is -2.05. The first-order chi connectivity index (χ1) is 20.6. The fourth-order valence-corrected chi connectivity index (χ4v) is 5.99. The monoisotopic (exact) mass is 597 g/mol. The van der Waals surface area contributed by atoms with Crippen LogP contribution in [0, 0.1) is 0 Å². The van der Waals surface area contributed by atoms with Gasteiger partial charge < -0.3 is 10.2 Å². The molecule has 2 nitrogen and oxygen atoms in total. The first-order valence-corrected chi connectivity index (χ1v) is 20.0. The third-order valence-electron chi connectivity index (χ3n) is 9.06. The molecular formula is C40H84O2. The van der Waals surface area contributed by atoms with Gasteiger partial charge in [0.2, 0.25) is 0 Å². The van der Waals surface area contributed by atoms with E-state index in [1.807, 2.05) is 0 Å². The highest BCUT2D eigenvalue weighted by molar-refractivity contribution is 4.59. The molecular weight excluding hydrogens is 512 g/mol. The van der Waals surface area contributed by atoms with Gasteiger partial charge >= 0.3 is 0 Å². The highest BCUT2D eigenvalue weighted by Gasteiger charge is 2.04. The van der Waals surface area contributed by atoms with Gasteiger partial charge in [-0.05, 0) is 25.7 Å². The molecule has 2 heteroatoms. The summed E-state index contributed by atoms with van der Waals surface area (Å²) < 4.78 is 0. The van der Waals surface area contributed by atoms with E-state index in [4.69, 9.17) is 0 Å².